The van der Waals surface area contributed by atoms with Crippen molar-refractivity contribution in [1.82, 2.24) is 4.98 Å². The third-order valence-electron chi connectivity index (χ3n) is 3.32. The van der Waals surface area contributed by atoms with Crippen LogP contribution in [-0.4, -0.2) is 17.3 Å². The molecule has 1 N–H and O–H groups in total. The van der Waals surface area contributed by atoms with E-state index in [0.29, 0.717) is 16.3 Å². The first-order chi connectivity index (χ1) is 12.9. The van der Waals surface area contributed by atoms with Crippen LogP contribution in [0.1, 0.15) is 15.2 Å². The van der Waals surface area contributed by atoms with E-state index in [1.807, 2.05) is 23.6 Å². The monoisotopic (exact) mass is 410 g/mol. The number of hydrogen-bond acceptors (Lipinski definition) is 5. The highest BCUT2D eigenvalue weighted by Crippen LogP contribution is 2.31. The zero-order valence-corrected chi connectivity index (χ0v) is 15.3. The molecule has 1 amide bonds. The number of nitrogens with one attached hydrogen (secondary N) is 1. The Morgan fingerprint density at radius 2 is 1.81 bits per heavy atom. The van der Waals surface area contributed by atoms with Crippen LogP contribution in [-0.2, 0) is 5.75 Å². The third-order valence-corrected chi connectivity index (χ3v) is 5.50. The third kappa shape index (κ3) is 5.73. The van der Waals surface area contributed by atoms with Crippen LogP contribution in [0.3, 0.4) is 0 Å². The van der Waals surface area contributed by atoms with Crippen molar-refractivity contribution in [2.24, 2.45) is 0 Å². The molecule has 0 spiro atoms. The molecule has 1 aromatic carbocycles. The Kier molecular flexibility index (Phi) is 6.02. The first kappa shape index (κ1) is 19.2. The number of ether oxygens (including phenoxy) is 1. The van der Waals surface area contributed by atoms with Crippen molar-refractivity contribution in [3.8, 4) is 5.75 Å². The van der Waals surface area contributed by atoms with Gasteiger partial charge in [-0.3, -0.25) is 9.78 Å². The van der Waals surface area contributed by atoms with Gasteiger partial charge < -0.3 is 10.1 Å². The molecule has 9 heteroatoms. The topological polar surface area (TPSA) is 51.2 Å². The molecule has 4 nitrogen and oxygen atoms in total. The minimum absolute atomic E-state index is 0.313. The molecule has 0 bridgehead atoms. The smallest absolute Gasteiger partial charge is 0.406 e. The van der Waals surface area contributed by atoms with E-state index in [-0.39, 0.29) is 11.7 Å². The molecule has 3 rings (SSSR count). The fraction of sp³-hybridized carbons (Fsp3) is 0.111. The van der Waals surface area contributed by atoms with Gasteiger partial charge in [0.25, 0.3) is 5.91 Å². The van der Waals surface area contributed by atoms with Gasteiger partial charge in [0.2, 0.25) is 0 Å². The number of anilines is 1. The molecule has 0 aliphatic heterocycles. The zero-order valence-electron chi connectivity index (χ0n) is 13.7. The average Bonchev–Trinajstić information content (AvgIpc) is 3.10. The van der Waals surface area contributed by atoms with Crippen LogP contribution in [0.15, 0.2) is 65.1 Å². The van der Waals surface area contributed by atoms with Gasteiger partial charge in [-0.1, -0.05) is 0 Å². The molecule has 0 atom stereocenters. The van der Waals surface area contributed by atoms with Gasteiger partial charge in [0, 0.05) is 28.7 Å². The molecular weight excluding hydrogens is 397 g/mol. The Bertz CT molecular complexity index is 897. The minimum Gasteiger partial charge on any atom is -0.406 e. The predicted molar refractivity (Wildman–Crippen MR) is 99.2 cm³/mol. The number of pyridine rings is 1. The molecule has 0 unspecified atom stereocenters. The lowest BCUT2D eigenvalue weighted by Crippen LogP contribution is -2.17. The van der Waals surface area contributed by atoms with Gasteiger partial charge in [0.15, 0.2) is 0 Å². The number of rotatable bonds is 6. The molecule has 3 aromatic rings. The number of hydrogen-bond donors (Lipinski definition) is 1. The number of thioether (sulfide) groups is 1. The molecule has 2 aromatic heterocycles. The maximum atomic E-state index is 12.5. The summed E-state index contributed by atoms with van der Waals surface area (Å²) in [6.45, 7) is 0. The SMILES string of the molecule is O=C(Nc1ccc(OC(F)(F)F)cc1)c1sccc1SCc1ccncc1. The number of thiophene rings is 1. The maximum absolute atomic E-state index is 12.5. The number of nitrogens with zero attached hydrogens (tertiary/aromatic N) is 1. The Hall–Kier alpha value is -2.52. The van der Waals surface area contributed by atoms with E-state index in [1.165, 1.54) is 35.2 Å². The zero-order chi connectivity index (χ0) is 19.3. The molecule has 2 heterocycles. The molecule has 0 aliphatic rings. The van der Waals surface area contributed by atoms with Gasteiger partial charge in [-0.15, -0.1) is 36.3 Å². The van der Waals surface area contributed by atoms with Gasteiger partial charge in [-0.2, -0.15) is 0 Å². The van der Waals surface area contributed by atoms with E-state index in [4.69, 9.17) is 0 Å². The van der Waals surface area contributed by atoms with Crippen LogP contribution in [0.25, 0.3) is 0 Å². The summed E-state index contributed by atoms with van der Waals surface area (Å²) in [5, 5.41) is 4.51. The minimum atomic E-state index is -4.75. The van der Waals surface area contributed by atoms with Gasteiger partial charge in [-0.05, 0) is 53.4 Å². The Morgan fingerprint density at radius 3 is 2.48 bits per heavy atom. The number of benzene rings is 1. The Morgan fingerprint density at radius 1 is 1.11 bits per heavy atom. The van der Waals surface area contributed by atoms with E-state index in [0.717, 1.165) is 22.6 Å². The molecule has 0 saturated heterocycles. The van der Waals surface area contributed by atoms with Crippen LogP contribution >= 0.6 is 23.1 Å². The van der Waals surface area contributed by atoms with Crippen molar-refractivity contribution in [1.29, 1.82) is 0 Å². The van der Waals surface area contributed by atoms with E-state index in [2.05, 4.69) is 15.0 Å². The van der Waals surface area contributed by atoms with Crippen molar-refractivity contribution in [3.63, 3.8) is 0 Å². The lowest BCUT2D eigenvalue weighted by Gasteiger charge is -2.10. The largest absolute Gasteiger partial charge is 0.573 e. The fourth-order valence-electron chi connectivity index (χ4n) is 2.14. The van der Waals surface area contributed by atoms with Crippen molar-refractivity contribution in [2.45, 2.75) is 17.0 Å². The average molecular weight is 410 g/mol. The molecule has 0 saturated carbocycles. The van der Waals surface area contributed by atoms with Crippen LogP contribution in [0, 0.1) is 0 Å². The summed E-state index contributed by atoms with van der Waals surface area (Å²) >= 11 is 2.84. The van der Waals surface area contributed by atoms with Crippen molar-refractivity contribution in [2.75, 3.05) is 5.32 Å². The second-order valence-electron chi connectivity index (χ2n) is 5.28. The number of alkyl halides is 3. The van der Waals surface area contributed by atoms with Gasteiger partial charge in [0.1, 0.15) is 10.6 Å². The standard InChI is InChI=1S/C18H13F3N2O2S2/c19-18(20,21)25-14-3-1-13(2-4-14)23-17(24)16-15(7-10-26-16)27-11-12-5-8-22-9-6-12/h1-10H,11H2,(H,23,24). The molecule has 0 fully saturated rings. The van der Waals surface area contributed by atoms with Gasteiger partial charge >= 0.3 is 6.36 Å². The normalized spacial score (nSPS) is 11.2. The highest BCUT2D eigenvalue weighted by molar-refractivity contribution is 7.98. The summed E-state index contributed by atoms with van der Waals surface area (Å²) in [6, 6.07) is 10.7. The van der Waals surface area contributed by atoms with E-state index in [9.17, 15) is 18.0 Å². The summed E-state index contributed by atoms with van der Waals surface area (Å²) in [6.07, 6.45) is -1.32. The van der Waals surface area contributed by atoms with Crippen molar-refractivity contribution < 1.29 is 22.7 Å². The van der Waals surface area contributed by atoms with Crippen LogP contribution in [0.2, 0.25) is 0 Å². The second kappa shape index (κ2) is 8.45. The second-order valence-corrected chi connectivity index (χ2v) is 7.22. The van der Waals surface area contributed by atoms with Crippen LogP contribution in [0.4, 0.5) is 18.9 Å². The lowest BCUT2D eigenvalue weighted by atomic mass is 10.3. The molecule has 0 radical (unpaired) electrons. The van der Waals surface area contributed by atoms with E-state index < -0.39 is 6.36 Å². The summed E-state index contributed by atoms with van der Waals surface area (Å²) in [4.78, 5) is 17.8. The number of aromatic nitrogens is 1. The molecular formula is C18H13F3N2O2S2. The first-order valence-electron chi connectivity index (χ1n) is 7.67. The first-order valence-corrected chi connectivity index (χ1v) is 9.53. The van der Waals surface area contributed by atoms with Crippen molar-refractivity contribution in [3.05, 3.63) is 70.7 Å². The summed E-state index contributed by atoms with van der Waals surface area (Å²) in [7, 11) is 0. The molecule has 27 heavy (non-hydrogen) atoms. The summed E-state index contributed by atoms with van der Waals surface area (Å²) in [5.74, 6) is 0.0418. The van der Waals surface area contributed by atoms with Gasteiger partial charge in [-0.25, -0.2) is 0 Å². The number of carbonyl (C=O) groups excluding carboxylic acids is 1. The maximum Gasteiger partial charge on any atom is 0.573 e. The number of amides is 1. The van der Waals surface area contributed by atoms with Crippen molar-refractivity contribution >= 4 is 34.7 Å². The van der Waals surface area contributed by atoms with E-state index in [1.54, 1.807) is 12.4 Å². The molecule has 140 valence electrons. The predicted octanol–water partition coefficient (Wildman–Crippen LogP) is 5.59. The Labute approximate surface area is 161 Å². The molecule has 0 aliphatic carbocycles. The number of carbonyl (C=O) groups is 1. The Balaban J connectivity index is 1.62. The lowest BCUT2D eigenvalue weighted by molar-refractivity contribution is -0.274. The highest BCUT2D eigenvalue weighted by Gasteiger charge is 2.31. The number of halogens is 3. The van der Waals surface area contributed by atoms with Crippen LogP contribution < -0.4 is 10.1 Å². The quantitative estimate of drug-likeness (QED) is 0.539. The summed E-state index contributed by atoms with van der Waals surface area (Å²) in [5.41, 5.74) is 1.47. The summed E-state index contributed by atoms with van der Waals surface area (Å²) < 4.78 is 40.4. The fourth-order valence-corrected chi connectivity index (χ4v) is 4.14. The van der Waals surface area contributed by atoms with Gasteiger partial charge in [0.05, 0.1) is 0 Å². The highest BCUT2D eigenvalue weighted by atomic mass is 32.2. The van der Waals surface area contributed by atoms with E-state index >= 15 is 0 Å². The van der Waals surface area contributed by atoms with Crippen LogP contribution in [0.5, 0.6) is 5.75 Å².